The average Bonchev–Trinajstić information content (AvgIpc) is 2.08. The Bertz CT molecular complexity index is 333. The number of allylic oxidation sites excluding steroid dienone is 1. The molecule has 0 saturated heterocycles. The number of carbonyl (C=O) groups is 1. The van der Waals surface area contributed by atoms with Gasteiger partial charge in [0.15, 0.2) is 0 Å². The van der Waals surface area contributed by atoms with Gasteiger partial charge in [0.05, 0.1) is 0 Å². The van der Waals surface area contributed by atoms with Crippen molar-refractivity contribution in [2.24, 2.45) is 0 Å². The van der Waals surface area contributed by atoms with Crippen LogP contribution in [0.2, 0.25) is 0 Å². The summed E-state index contributed by atoms with van der Waals surface area (Å²) in [5.41, 5.74) is 2.09. The van der Waals surface area contributed by atoms with Crippen LogP contribution < -0.4 is 5.32 Å². The highest BCUT2D eigenvalue weighted by Gasteiger charge is 1.92. The van der Waals surface area contributed by atoms with Crippen LogP contribution in [-0.2, 0) is 4.79 Å². The van der Waals surface area contributed by atoms with Crippen molar-refractivity contribution in [1.82, 2.24) is 0 Å². The smallest absolute Gasteiger partial charge is 0.246 e. The zero-order chi connectivity index (χ0) is 9.68. The molecule has 0 fully saturated rings. The van der Waals surface area contributed by atoms with Crippen molar-refractivity contribution in [3.05, 3.63) is 42.1 Å². The van der Waals surface area contributed by atoms with Crippen LogP contribution >= 0.6 is 11.6 Å². The summed E-state index contributed by atoms with van der Waals surface area (Å²) in [5.74, 6) is 0. The summed E-state index contributed by atoms with van der Waals surface area (Å²) in [7, 11) is 0. The summed E-state index contributed by atoms with van der Waals surface area (Å²) in [6.45, 7) is 1.98. The maximum Gasteiger partial charge on any atom is 0.246 e. The molecule has 0 bridgehead atoms. The van der Waals surface area contributed by atoms with Crippen molar-refractivity contribution in [2.75, 3.05) is 5.32 Å². The molecule has 1 rings (SSSR count). The Morgan fingerprint density at radius 3 is 2.77 bits per heavy atom. The number of benzene rings is 1. The number of nitrogens with one attached hydrogen (secondary N) is 1. The van der Waals surface area contributed by atoms with Crippen LogP contribution in [0.3, 0.4) is 0 Å². The zero-order valence-electron chi connectivity index (χ0n) is 7.25. The van der Waals surface area contributed by atoms with E-state index in [9.17, 15) is 4.79 Å². The van der Waals surface area contributed by atoms with Gasteiger partial charge in [0.1, 0.15) is 0 Å². The standard InChI is InChI=1S/C10H10ClNO/c1-8-4-2-3-5-9(8)12-7-6-10(11)13/h2-7,12H,1H3. The zero-order valence-corrected chi connectivity index (χ0v) is 8.01. The fraction of sp³-hybridized carbons (Fsp3) is 0.100. The first-order valence-electron chi connectivity index (χ1n) is 3.88. The van der Waals surface area contributed by atoms with E-state index in [0.29, 0.717) is 0 Å². The van der Waals surface area contributed by atoms with Gasteiger partial charge in [0, 0.05) is 18.0 Å². The number of carbonyl (C=O) groups excluding carboxylic acids is 1. The molecule has 0 saturated carbocycles. The highest BCUT2D eigenvalue weighted by Crippen LogP contribution is 2.12. The highest BCUT2D eigenvalue weighted by molar-refractivity contribution is 6.66. The summed E-state index contributed by atoms with van der Waals surface area (Å²) < 4.78 is 0. The van der Waals surface area contributed by atoms with E-state index in [4.69, 9.17) is 11.6 Å². The molecule has 2 nitrogen and oxygen atoms in total. The fourth-order valence-electron chi connectivity index (χ4n) is 0.932. The number of hydrogen-bond donors (Lipinski definition) is 1. The van der Waals surface area contributed by atoms with Gasteiger partial charge in [0.25, 0.3) is 0 Å². The molecule has 13 heavy (non-hydrogen) atoms. The van der Waals surface area contributed by atoms with Crippen molar-refractivity contribution in [1.29, 1.82) is 0 Å². The molecular formula is C10H10ClNO. The van der Waals surface area contributed by atoms with Gasteiger partial charge in [-0.3, -0.25) is 4.79 Å². The van der Waals surface area contributed by atoms with Crippen molar-refractivity contribution in [2.45, 2.75) is 6.92 Å². The molecule has 68 valence electrons. The molecule has 1 aromatic rings. The number of aryl methyl sites for hydroxylation is 1. The van der Waals surface area contributed by atoms with Gasteiger partial charge in [-0.05, 0) is 30.2 Å². The first-order valence-corrected chi connectivity index (χ1v) is 4.26. The number of halogens is 1. The van der Waals surface area contributed by atoms with E-state index in [1.807, 2.05) is 31.2 Å². The molecular weight excluding hydrogens is 186 g/mol. The van der Waals surface area contributed by atoms with Gasteiger partial charge in [-0.15, -0.1) is 0 Å². The maximum absolute atomic E-state index is 10.4. The van der Waals surface area contributed by atoms with Gasteiger partial charge >= 0.3 is 0 Å². The van der Waals surface area contributed by atoms with E-state index in [1.165, 1.54) is 12.3 Å². The van der Waals surface area contributed by atoms with E-state index in [2.05, 4.69) is 5.32 Å². The van der Waals surface area contributed by atoms with Crippen molar-refractivity contribution < 1.29 is 4.79 Å². The number of hydrogen-bond acceptors (Lipinski definition) is 2. The van der Waals surface area contributed by atoms with E-state index >= 15 is 0 Å². The number of para-hydroxylation sites is 1. The quantitative estimate of drug-likeness (QED) is 0.594. The van der Waals surface area contributed by atoms with Crippen molar-refractivity contribution in [3.8, 4) is 0 Å². The molecule has 0 amide bonds. The average molecular weight is 196 g/mol. The molecule has 0 atom stereocenters. The molecule has 3 heteroatoms. The van der Waals surface area contributed by atoms with Crippen LogP contribution in [0.25, 0.3) is 0 Å². The van der Waals surface area contributed by atoms with Crippen LogP contribution in [0.5, 0.6) is 0 Å². The van der Waals surface area contributed by atoms with Crippen LogP contribution in [0, 0.1) is 6.92 Å². The topological polar surface area (TPSA) is 29.1 Å². The molecule has 0 aliphatic heterocycles. The number of anilines is 1. The van der Waals surface area contributed by atoms with E-state index in [1.54, 1.807) is 0 Å². The third kappa shape index (κ3) is 3.30. The summed E-state index contributed by atoms with van der Waals surface area (Å²) >= 11 is 5.12. The minimum atomic E-state index is -0.485. The summed E-state index contributed by atoms with van der Waals surface area (Å²) in [5, 5.41) is 2.47. The third-order valence-corrected chi connectivity index (χ3v) is 1.72. The highest BCUT2D eigenvalue weighted by atomic mass is 35.5. The second-order valence-corrected chi connectivity index (χ2v) is 2.97. The van der Waals surface area contributed by atoms with Crippen LogP contribution in [0.15, 0.2) is 36.5 Å². The maximum atomic E-state index is 10.4. The van der Waals surface area contributed by atoms with Crippen LogP contribution in [-0.4, -0.2) is 5.24 Å². The summed E-state index contributed by atoms with van der Waals surface area (Å²) in [6.07, 6.45) is 2.80. The Morgan fingerprint density at radius 1 is 1.46 bits per heavy atom. The Morgan fingerprint density at radius 2 is 2.15 bits per heavy atom. The Labute approximate surface area is 82.2 Å². The Balaban J connectivity index is 2.64. The monoisotopic (exact) mass is 195 g/mol. The van der Waals surface area contributed by atoms with E-state index in [0.717, 1.165) is 11.3 Å². The lowest BCUT2D eigenvalue weighted by Gasteiger charge is -2.03. The lowest BCUT2D eigenvalue weighted by Crippen LogP contribution is -1.91. The van der Waals surface area contributed by atoms with E-state index < -0.39 is 5.24 Å². The SMILES string of the molecule is Cc1ccccc1NC=CC(=O)Cl. The van der Waals surface area contributed by atoms with Gasteiger partial charge in [-0.1, -0.05) is 18.2 Å². The van der Waals surface area contributed by atoms with Crippen LogP contribution in [0.1, 0.15) is 5.56 Å². The van der Waals surface area contributed by atoms with Gasteiger partial charge in [-0.2, -0.15) is 0 Å². The first-order chi connectivity index (χ1) is 6.20. The molecule has 0 aliphatic carbocycles. The largest absolute Gasteiger partial charge is 0.361 e. The molecule has 1 N–H and O–H groups in total. The summed E-state index contributed by atoms with van der Waals surface area (Å²) in [6, 6.07) is 7.79. The fourth-order valence-corrected chi connectivity index (χ4v) is 0.995. The number of rotatable bonds is 3. The van der Waals surface area contributed by atoms with E-state index in [-0.39, 0.29) is 0 Å². The minimum absolute atomic E-state index is 0.485. The minimum Gasteiger partial charge on any atom is -0.361 e. The predicted molar refractivity (Wildman–Crippen MR) is 54.8 cm³/mol. The predicted octanol–water partition coefficient (Wildman–Crippen LogP) is 2.69. The van der Waals surface area contributed by atoms with Crippen molar-refractivity contribution >= 4 is 22.5 Å². The molecule has 0 aliphatic rings. The molecule has 1 aromatic carbocycles. The molecule has 0 unspecified atom stereocenters. The van der Waals surface area contributed by atoms with Crippen molar-refractivity contribution in [3.63, 3.8) is 0 Å². The first kappa shape index (κ1) is 9.81. The van der Waals surface area contributed by atoms with Gasteiger partial charge in [-0.25, -0.2) is 0 Å². The Kier molecular flexibility index (Phi) is 3.53. The second-order valence-electron chi connectivity index (χ2n) is 2.60. The molecule has 0 heterocycles. The lowest BCUT2D eigenvalue weighted by atomic mass is 10.2. The second kappa shape index (κ2) is 4.67. The third-order valence-electron chi connectivity index (χ3n) is 1.60. The molecule has 0 radical (unpaired) electrons. The van der Waals surface area contributed by atoms with Gasteiger partial charge in [0.2, 0.25) is 5.24 Å². The normalized spacial score (nSPS) is 10.3. The van der Waals surface area contributed by atoms with Gasteiger partial charge < -0.3 is 5.32 Å². The molecule has 0 aromatic heterocycles. The Hall–Kier alpha value is -1.28. The molecule has 0 spiro atoms. The summed E-state index contributed by atoms with van der Waals surface area (Å²) in [4.78, 5) is 10.4. The van der Waals surface area contributed by atoms with Crippen LogP contribution in [0.4, 0.5) is 5.69 Å². The lowest BCUT2D eigenvalue weighted by molar-refractivity contribution is -0.107.